The highest BCUT2D eigenvalue weighted by molar-refractivity contribution is 5.30. The van der Waals surface area contributed by atoms with Gasteiger partial charge in [0.25, 0.3) is 0 Å². The minimum atomic E-state index is -0.426. The lowest BCUT2D eigenvalue weighted by molar-refractivity contribution is 0.0993. The Morgan fingerprint density at radius 3 is 2.78 bits per heavy atom. The number of nitrogens with two attached hydrogens (primary N) is 1. The van der Waals surface area contributed by atoms with E-state index in [1.165, 1.54) is 0 Å². The molecule has 0 aliphatic heterocycles. The van der Waals surface area contributed by atoms with Gasteiger partial charge in [-0.2, -0.15) is 0 Å². The third-order valence-corrected chi connectivity index (χ3v) is 2.79. The van der Waals surface area contributed by atoms with E-state index in [1.54, 1.807) is 0 Å². The zero-order valence-corrected chi connectivity index (χ0v) is 10.9. The van der Waals surface area contributed by atoms with Crippen LogP contribution in [0.2, 0.25) is 0 Å². The Labute approximate surface area is 108 Å². The minimum absolute atomic E-state index is 0.0709. The highest BCUT2D eigenvalue weighted by atomic mass is 16.5. The van der Waals surface area contributed by atoms with Crippen LogP contribution < -0.4 is 10.5 Å². The van der Waals surface area contributed by atoms with Crippen molar-refractivity contribution >= 4 is 0 Å². The zero-order chi connectivity index (χ0) is 13.4. The van der Waals surface area contributed by atoms with Crippen molar-refractivity contribution in [2.24, 2.45) is 5.73 Å². The molecule has 0 heterocycles. The van der Waals surface area contributed by atoms with Crippen molar-refractivity contribution in [2.75, 3.05) is 13.2 Å². The normalized spacial score (nSPS) is 14.2. The SMILES string of the molecule is CCCC(O)COc1cccc(C(N)CCO)c1. The van der Waals surface area contributed by atoms with Crippen molar-refractivity contribution < 1.29 is 14.9 Å². The number of aliphatic hydroxyl groups excluding tert-OH is 2. The highest BCUT2D eigenvalue weighted by Crippen LogP contribution is 2.20. The molecular weight excluding hydrogens is 230 g/mol. The Hall–Kier alpha value is -1.10. The molecule has 0 saturated heterocycles. The largest absolute Gasteiger partial charge is 0.491 e. The number of aliphatic hydroxyl groups is 2. The van der Waals surface area contributed by atoms with E-state index in [0.29, 0.717) is 18.8 Å². The molecule has 0 saturated carbocycles. The Morgan fingerprint density at radius 2 is 2.11 bits per heavy atom. The highest BCUT2D eigenvalue weighted by Gasteiger charge is 2.08. The third kappa shape index (κ3) is 5.04. The van der Waals surface area contributed by atoms with Gasteiger partial charge >= 0.3 is 0 Å². The summed E-state index contributed by atoms with van der Waals surface area (Å²) in [5.74, 6) is 0.705. The predicted octanol–water partition coefficient (Wildman–Crippen LogP) is 1.61. The maximum absolute atomic E-state index is 9.59. The number of ether oxygens (including phenoxy) is 1. The second kappa shape index (κ2) is 8.08. The van der Waals surface area contributed by atoms with Crippen molar-refractivity contribution in [3.63, 3.8) is 0 Å². The fourth-order valence-electron chi connectivity index (χ4n) is 1.75. The molecule has 102 valence electrons. The maximum atomic E-state index is 9.59. The van der Waals surface area contributed by atoms with E-state index in [-0.39, 0.29) is 12.6 Å². The molecule has 18 heavy (non-hydrogen) atoms. The van der Waals surface area contributed by atoms with Crippen LogP contribution in [0.1, 0.15) is 37.8 Å². The summed E-state index contributed by atoms with van der Waals surface area (Å²) in [5, 5.41) is 18.4. The summed E-state index contributed by atoms with van der Waals surface area (Å²) in [7, 11) is 0. The molecule has 0 aliphatic rings. The van der Waals surface area contributed by atoms with Crippen molar-refractivity contribution in [3.05, 3.63) is 29.8 Å². The molecule has 4 nitrogen and oxygen atoms in total. The van der Waals surface area contributed by atoms with Gasteiger partial charge in [0.1, 0.15) is 12.4 Å². The first kappa shape index (κ1) is 15.0. The van der Waals surface area contributed by atoms with Gasteiger partial charge in [-0.15, -0.1) is 0 Å². The summed E-state index contributed by atoms with van der Waals surface area (Å²) in [5.41, 5.74) is 6.85. The monoisotopic (exact) mass is 253 g/mol. The third-order valence-electron chi connectivity index (χ3n) is 2.79. The molecule has 2 unspecified atom stereocenters. The van der Waals surface area contributed by atoms with Gasteiger partial charge in [0.2, 0.25) is 0 Å². The standard InChI is InChI=1S/C14H23NO3/c1-2-4-12(17)10-18-13-6-3-5-11(9-13)14(15)7-8-16/h3,5-6,9,12,14,16-17H,2,4,7-8,10,15H2,1H3. The molecule has 4 N–H and O–H groups in total. The van der Waals surface area contributed by atoms with Gasteiger partial charge in [-0.1, -0.05) is 25.5 Å². The fraction of sp³-hybridized carbons (Fsp3) is 0.571. The molecule has 0 amide bonds. The summed E-state index contributed by atoms with van der Waals surface area (Å²) in [4.78, 5) is 0. The molecular formula is C14H23NO3. The molecule has 1 aromatic carbocycles. The van der Waals surface area contributed by atoms with E-state index in [9.17, 15) is 5.11 Å². The molecule has 0 spiro atoms. The second-order valence-electron chi connectivity index (χ2n) is 4.44. The molecule has 0 aliphatic carbocycles. The lowest BCUT2D eigenvalue weighted by atomic mass is 10.1. The van der Waals surface area contributed by atoms with Gasteiger partial charge in [-0.25, -0.2) is 0 Å². The van der Waals surface area contributed by atoms with E-state index in [0.717, 1.165) is 18.4 Å². The summed E-state index contributed by atoms with van der Waals surface area (Å²) < 4.78 is 5.52. The molecule has 0 fully saturated rings. The predicted molar refractivity (Wildman–Crippen MR) is 71.5 cm³/mol. The number of rotatable bonds is 8. The van der Waals surface area contributed by atoms with Gasteiger partial charge in [-0.3, -0.25) is 0 Å². The minimum Gasteiger partial charge on any atom is -0.491 e. The van der Waals surface area contributed by atoms with Crippen molar-refractivity contribution in [3.8, 4) is 5.75 Å². The average Bonchev–Trinajstić information content (AvgIpc) is 2.37. The van der Waals surface area contributed by atoms with Crippen LogP contribution in [0.5, 0.6) is 5.75 Å². The Balaban J connectivity index is 2.54. The van der Waals surface area contributed by atoms with Crippen LogP contribution in [0.4, 0.5) is 0 Å². The Morgan fingerprint density at radius 1 is 1.33 bits per heavy atom. The summed E-state index contributed by atoms with van der Waals surface area (Å²) >= 11 is 0. The van der Waals surface area contributed by atoms with Crippen LogP contribution in [0.3, 0.4) is 0 Å². The topological polar surface area (TPSA) is 75.7 Å². The smallest absolute Gasteiger partial charge is 0.119 e. The van der Waals surface area contributed by atoms with Crippen LogP contribution >= 0.6 is 0 Å². The number of hydrogen-bond acceptors (Lipinski definition) is 4. The summed E-state index contributed by atoms with van der Waals surface area (Å²) in [6, 6.07) is 7.30. The Kier molecular flexibility index (Phi) is 6.72. The van der Waals surface area contributed by atoms with E-state index < -0.39 is 6.10 Å². The molecule has 4 heteroatoms. The first-order chi connectivity index (χ1) is 8.67. The lowest BCUT2D eigenvalue weighted by Gasteiger charge is -2.14. The van der Waals surface area contributed by atoms with E-state index in [4.69, 9.17) is 15.6 Å². The van der Waals surface area contributed by atoms with E-state index in [1.807, 2.05) is 31.2 Å². The van der Waals surface area contributed by atoms with Gasteiger partial charge in [0, 0.05) is 12.6 Å². The number of hydrogen-bond donors (Lipinski definition) is 3. The maximum Gasteiger partial charge on any atom is 0.119 e. The first-order valence-electron chi connectivity index (χ1n) is 6.44. The van der Waals surface area contributed by atoms with Crippen molar-refractivity contribution in [1.29, 1.82) is 0 Å². The second-order valence-corrected chi connectivity index (χ2v) is 4.44. The van der Waals surface area contributed by atoms with Gasteiger partial charge < -0.3 is 20.7 Å². The molecule has 0 aromatic heterocycles. The quantitative estimate of drug-likeness (QED) is 0.658. The van der Waals surface area contributed by atoms with E-state index in [2.05, 4.69) is 0 Å². The van der Waals surface area contributed by atoms with Gasteiger partial charge in [-0.05, 0) is 30.5 Å². The van der Waals surface area contributed by atoms with Crippen molar-refractivity contribution in [2.45, 2.75) is 38.3 Å². The van der Waals surface area contributed by atoms with Crippen LogP contribution in [0.25, 0.3) is 0 Å². The molecule has 0 radical (unpaired) electrons. The van der Waals surface area contributed by atoms with Crippen LogP contribution in [-0.2, 0) is 0 Å². The summed E-state index contributed by atoms with van der Waals surface area (Å²) in [6.45, 7) is 2.39. The molecule has 0 bridgehead atoms. The van der Waals surface area contributed by atoms with Crippen LogP contribution in [-0.4, -0.2) is 29.5 Å². The molecule has 1 rings (SSSR count). The Bertz CT molecular complexity index is 344. The summed E-state index contributed by atoms with van der Waals surface area (Å²) in [6.07, 6.45) is 1.78. The van der Waals surface area contributed by atoms with E-state index >= 15 is 0 Å². The molecule has 1 aromatic rings. The van der Waals surface area contributed by atoms with Crippen LogP contribution in [0.15, 0.2) is 24.3 Å². The number of benzene rings is 1. The van der Waals surface area contributed by atoms with Gasteiger partial charge in [0.05, 0.1) is 6.10 Å². The average molecular weight is 253 g/mol. The van der Waals surface area contributed by atoms with Crippen LogP contribution in [0, 0.1) is 0 Å². The van der Waals surface area contributed by atoms with Gasteiger partial charge in [0.15, 0.2) is 0 Å². The van der Waals surface area contributed by atoms with Crippen molar-refractivity contribution in [1.82, 2.24) is 0 Å². The lowest BCUT2D eigenvalue weighted by Crippen LogP contribution is -2.17. The zero-order valence-electron chi connectivity index (χ0n) is 10.9. The molecule has 2 atom stereocenters. The first-order valence-corrected chi connectivity index (χ1v) is 6.44. The fourth-order valence-corrected chi connectivity index (χ4v) is 1.75.